The van der Waals surface area contributed by atoms with E-state index in [2.05, 4.69) is 26.3 Å². The maximum Gasteiger partial charge on any atom is 0.255 e. The van der Waals surface area contributed by atoms with Gasteiger partial charge in [-0.15, -0.1) is 0 Å². The second-order valence-corrected chi connectivity index (χ2v) is 8.40. The van der Waals surface area contributed by atoms with E-state index in [9.17, 15) is 10.1 Å². The van der Waals surface area contributed by atoms with Crippen LogP contribution in [0.2, 0.25) is 0 Å². The molecule has 0 spiro atoms. The number of aromatic amines is 1. The number of anilines is 2. The highest BCUT2D eigenvalue weighted by atomic mass is 16.5. The molecule has 2 fully saturated rings. The first-order valence-corrected chi connectivity index (χ1v) is 10.8. The minimum Gasteiger partial charge on any atom is -0.493 e. The molecule has 0 bridgehead atoms. The number of morpholine rings is 1. The Morgan fingerprint density at radius 2 is 2.09 bits per heavy atom. The number of H-pyrrole nitrogens is 1. The second-order valence-electron chi connectivity index (χ2n) is 8.40. The molecule has 10 nitrogen and oxygen atoms in total. The summed E-state index contributed by atoms with van der Waals surface area (Å²) in [5.41, 5.74) is 1.22. The molecule has 0 unspecified atom stereocenters. The molecule has 170 valence electrons. The Balaban J connectivity index is 1.45. The number of nitrogens with one attached hydrogen (secondary N) is 2. The van der Waals surface area contributed by atoms with Crippen LogP contribution in [0.4, 0.5) is 11.6 Å². The maximum absolute atomic E-state index is 12.8. The zero-order valence-electron chi connectivity index (χ0n) is 18.5. The number of rotatable bonds is 6. The normalized spacial score (nSPS) is 16.8. The van der Waals surface area contributed by atoms with Crippen molar-refractivity contribution < 1.29 is 19.0 Å². The number of hydrogen-bond acceptors (Lipinski definition) is 8. The van der Waals surface area contributed by atoms with Crippen LogP contribution in [0.5, 0.6) is 11.5 Å². The summed E-state index contributed by atoms with van der Waals surface area (Å²) in [5, 5.41) is 13.3. The first kappa shape index (κ1) is 21.0. The SMILES string of the molecule is COc1cc(C(=O)N2CCOCC2)cnc1Nc1cc(OC2(C)CC2)c2c(C#N)c[nH]c2n1. The van der Waals surface area contributed by atoms with Gasteiger partial charge in [-0.3, -0.25) is 4.79 Å². The molecule has 1 aliphatic carbocycles. The summed E-state index contributed by atoms with van der Waals surface area (Å²) in [7, 11) is 1.52. The van der Waals surface area contributed by atoms with Crippen molar-refractivity contribution in [2.45, 2.75) is 25.4 Å². The van der Waals surface area contributed by atoms with Gasteiger partial charge in [0.2, 0.25) is 0 Å². The topological polar surface area (TPSA) is 125 Å². The van der Waals surface area contributed by atoms with Crippen molar-refractivity contribution in [1.29, 1.82) is 5.26 Å². The van der Waals surface area contributed by atoms with E-state index in [0.717, 1.165) is 12.8 Å². The summed E-state index contributed by atoms with van der Waals surface area (Å²) in [6.07, 6.45) is 5.06. The second kappa shape index (κ2) is 8.26. The van der Waals surface area contributed by atoms with Crippen molar-refractivity contribution in [3.63, 3.8) is 0 Å². The quantitative estimate of drug-likeness (QED) is 0.590. The summed E-state index contributed by atoms with van der Waals surface area (Å²) in [6, 6.07) is 5.60. The van der Waals surface area contributed by atoms with Gasteiger partial charge in [0, 0.05) is 31.5 Å². The van der Waals surface area contributed by atoms with Gasteiger partial charge in [0.25, 0.3) is 5.91 Å². The third-order valence-electron chi connectivity index (χ3n) is 5.90. The Morgan fingerprint density at radius 3 is 2.79 bits per heavy atom. The Labute approximate surface area is 190 Å². The molecule has 1 amide bonds. The molecular formula is C23H24N6O4. The van der Waals surface area contributed by atoms with Gasteiger partial charge in [-0.05, 0) is 25.8 Å². The van der Waals surface area contributed by atoms with E-state index >= 15 is 0 Å². The zero-order chi connectivity index (χ0) is 23.0. The fourth-order valence-corrected chi connectivity index (χ4v) is 3.76. The van der Waals surface area contributed by atoms with Crippen molar-refractivity contribution >= 4 is 28.6 Å². The molecule has 1 saturated carbocycles. The van der Waals surface area contributed by atoms with Crippen LogP contribution in [-0.4, -0.2) is 64.8 Å². The van der Waals surface area contributed by atoms with Crippen LogP contribution >= 0.6 is 0 Å². The molecule has 5 rings (SSSR count). The molecule has 4 heterocycles. The van der Waals surface area contributed by atoms with E-state index in [1.54, 1.807) is 23.2 Å². The fourth-order valence-electron chi connectivity index (χ4n) is 3.76. The number of methoxy groups -OCH3 is 1. The Morgan fingerprint density at radius 1 is 1.30 bits per heavy atom. The number of fused-ring (bicyclic) bond motifs is 1. The molecule has 2 aliphatic rings. The van der Waals surface area contributed by atoms with Crippen LogP contribution in [-0.2, 0) is 4.74 Å². The van der Waals surface area contributed by atoms with Gasteiger partial charge >= 0.3 is 0 Å². The molecule has 0 radical (unpaired) electrons. The van der Waals surface area contributed by atoms with Crippen molar-refractivity contribution in [2.75, 3.05) is 38.7 Å². The number of amides is 1. The molecule has 10 heteroatoms. The summed E-state index contributed by atoms with van der Waals surface area (Å²) >= 11 is 0. The number of pyridine rings is 2. The summed E-state index contributed by atoms with van der Waals surface area (Å²) in [4.78, 5) is 26.6. The standard InChI is InChI=1S/C23H24N6O4/c1-23(3-4-23)33-16-10-18(28-21-19(16)15(11-24)13-26-21)27-20-17(31-2)9-14(12-25-20)22(30)29-5-7-32-8-6-29/h9-10,12-13H,3-8H2,1-2H3,(H2,25,26,27,28). The zero-order valence-corrected chi connectivity index (χ0v) is 18.5. The molecule has 0 aromatic carbocycles. The fraction of sp³-hybridized carbons (Fsp3) is 0.391. The molecule has 3 aromatic heterocycles. The Kier molecular flexibility index (Phi) is 5.26. The predicted molar refractivity (Wildman–Crippen MR) is 120 cm³/mol. The monoisotopic (exact) mass is 448 g/mol. The number of nitrogens with zero attached hydrogens (tertiary/aromatic N) is 4. The first-order chi connectivity index (χ1) is 16.0. The largest absolute Gasteiger partial charge is 0.493 e. The third kappa shape index (κ3) is 4.15. The highest BCUT2D eigenvalue weighted by molar-refractivity contribution is 5.95. The van der Waals surface area contributed by atoms with E-state index in [0.29, 0.717) is 71.6 Å². The lowest BCUT2D eigenvalue weighted by Crippen LogP contribution is -2.40. The average molecular weight is 448 g/mol. The van der Waals surface area contributed by atoms with E-state index in [-0.39, 0.29) is 11.5 Å². The van der Waals surface area contributed by atoms with Gasteiger partial charge in [-0.2, -0.15) is 5.26 Å². The van der Waals surface area contributed by atoms with Crippen molar-refractivity contribution in [1.82, 2.24) is 19.9 Å². The van der Waals surface area contributed by atoms with E-state index in [1.165, 1.54) is 13.3 Å². The highest BCUT2D eigenvalue weighted by Crippen LogP contribution is 2.43. The lowest BCUT2D eigenvalue weighted by atomic mass is 10.2. The summed E-state index contributed by atoms with van der Waals surface area (Å²) < 4.78 is 17.0. The average Bonchev–Trinajstić information content (AvgIpc) is 3.41. The predicted octanol–water partition coefficient (Wildman–Crippen LogP) is 2.99. The van der Waals surface area contributed by atoms with Gasteiger partial charge in [0.05, 0.1) is 36.8 Å². The molecule has 3 aromatic rings. The molecular weight excluding hydrogens is 424 g/mol. The summed E-state index contributed by atoms with van der Waals surface area (Å²) in [6.45, 7) is 4.20. The van der Waals surface area contributed by atoms with Gasteiger partial charge in [-0.25, -0.2) is 9.97 Å². The first-order valence-electron chi connectivity index (χ1n) is 10.8. The van der Waals surface area contributed by atoms with Gasteiger partial charge < -0.3 is 29.4 Å². The Hall–Kier alpha value is -3.84. The number of carbonyl (C=O) groups excluding carboxylic acids is 1. The summed E-state index contributed by atoms with van der Waals surface area (Å²) in [5.74, 6) is 1.78. The molecule has 0 atom stereocenters. The number of carbonyl (C=O) groups is 1. The smallest absolute Gasteiger partial charge is 0.255 e. The van der Waals surface area contributed by atoms with Crippen LogP contribution in [0.3, 0.4) is 0 Å². The lowest BCUT2D eigenvalue weighted by Gasteiger charge is -2.27. The molecule has 33 heavy (non-hydrogen) atoms. The van der Waals surface area contributed by atoms with Crippen molar-refractivity contribution in [3.05, 3.63) is 35.7 Å². The molecule has 2 N–H and O–H groups in total. The van der Waals surface area contributed by atoms with E-state index in [4.69, 9.17) is 14.2 Å². The van der Waals surface area contributed by atoms with Crippen LogP contribution < -0.4 is 14.8 Å². The van der Waals surface area contributed by atoms with Gasteiger partial charge in [0.1, 0.15) is 28.9 Å². The Bertz CT molecular complexity index is 1250. The van der Waals surface area contributed by atoms with Gasteiger partial charge in [0.15, 0.2) is 11.6 Å². The highest BCUT2D eigenvalue weighted by Gasteiger charge is 2.40. The maximum atomic E-state index is 12.8. The number of hydrogen-bond donors (Lipinski definition) is 2. The van der Waals surface area contributed by atoms with Crippen LogP contribution in [0.1, 0.15) is 35.7 Å². The number of nitriles is 1. The van der Waals surface area contributed by atoms with E-state index in [1.807, 2.05) is 6.92 Å². The third-order valence-corrected chi connectivity index (χ3v) is 5.90. The van der Waals surface area contributed by atoms with Crippen molar-refractivity contribution in [2.24, 2.45) is 0 Å². The van der Waals surface area contributed by atoms with E-state index < -0.39 is 0 Å². The van der Waals surface area contributed by atoms with Crippen molar-refractivity contribution in [3.8, 4) is 17.6 Å². The molecule has 1 saturated heterocycles. The lowest BCUT2D eigenvalue weighted by molar-refractivity contribution is 0.0302. The minimum absolute atomic E-state index is 0.112. The van der Waals surface area contributed by atoms with Crippen LogP contribution in [0.15, 0.2) is 24.5 Å². The van der Waals surface area contributed by atoms with Crippen LogP contribution in [0, 0.1) is 11.3 Å². The molecule has 1 aliphatic heterocycles. The number of aromatic nitrogens is 3. The van der Waals surface area contributed by atoms with Crippen LogP contribution in [0.25, 0.3) is 11.0 Å². The van der Waals surface area contributed by atoms with Gasteiger partial charge in [-0.1, -0.05) is 0 Å². The number of ether oxygens (including phenoxy) is 3. The minimum atomic E-state index is -0.229.